The smallest absolute Gasteiger partial charge is 0.352 e. The Balaban J connectivity index is 1.75. The van der Waals surface area contributed by atoms with Gasteiger partial charge in [-0.25, -0.2) is 9.59 Å². The third-order valence-electron chi connectivity index (χ3n) is 4.08. The van der Waals surface area contributed by atoms with Crippen LogP contribution in [0.5, 0.6) is 0 Å². The topological polar surface area (TPSA) is 78.2 Å². The average Bonchev–Trinajstić information content (AvgIpc) is 2.99. The minimum Gasteiger partial charge on any atom is -0.462 e. The monoisotopic (exact) mass is 336 g/mol. The van der Waals surface area contributed by atoms with E-state index in [1.807, 2.05) is 24.3 Å². The van der Waals surface area contributed by atoms with Crippen LogP contribution in [0, 0.1) is 0 Å². The average molecular weight is 336 g/mol. The minimum absolute atomic E-state index is 0.235. The number of anilines is 1. The first kappa shape index (κ1) is 15.2. The molecule has 0 atom stereocenters. The van der Waals surface area contributed by atoms with Crippen molar-refractivity contribution in [3.05, 3.63) is 64.6 Å². The van der Waals surface area contributed by atoms with Crippen LogP contribution >= 0.6 is 0 Å². The molecule has 0 amide bonds. The maximum atomic E-state index is 12.7. The molecule has 0 saturated carbocycles. The summed E-state index contributed by atoms with van der Waals surface area (Å²) in [6, 6.07) is 14.4. The molecule has 0 spiro atoms. The Bertz CT molecular complexity index is 1000. The summed E-state index contributed by atoms with van der Waals surface area (Å²) in [6.45, 7) is 2.44. The molecule has 126 valence electrons. The lowest BCUT2D eigenvalue weighted by molar-refractivity contribution is 0.0526. The number of para-hydroxylation sites is 1. The number of carbonyl (C=O) groups excluding carboxylic acids is 1. The zero-order chi connectivity index (χ0) is 17.4. The van der Waals surface area contributed by atoms with Crippen molar-refractivity contribution < 1.29 is 9.53 Å². The molecule has 0 bridgehead atoms. The van der Waals surface area contributed by atoms with Gasteiger partial charge in [0.2, 0.25) is 0 Å². The number of aromatic nitrogens is 3. The summed E-state index contributed by atoms with van der Waals surface area (Å²) in [5.41, 5.74) is 2.63. The Morgan fingerprint density at radius 2 is 1.96 bits per heavy atom. The van der Waals surface area contributed by atoms with E-state index in [0.717, 1.165) is 11.3 Å². The summed E-state index contributed by atoms with van der Waals surface area (Å²) >= 11 is 0. The standard InChI is InChI=1S/C18H16N4O3/c1-2-25-17(23)12-7-9-13(10-8-12)22-18(24)21-11-19-15-6-4-3-5-14(15)16(21)20-22/h3-10,19H,2,11H2,1H3. The molecular weight excluding hydrogens is 320 g/mol. The van der Waals surface area contributed by atoms with E-state index in [9.17, 15) is 9.59 Å². The largest absolute Gasteiger partial charge is 0.462 e. The van der Waals surface area contributed by atoms with Crippen molar-refractivity contribution in [3.8, 4) is 17.1 Å². The quantitative estimate of drug-likeness (QED) is 0.742. The molecule has 0 unspecified atom stereocenters. The summed E-state index contributed by atoms with van der Waals surface area (Å²) in [7, 11) is 0. The summed E-state index contributed by atoms with van der Waals surface area (Å²) in [6.07, 6.45) is 0. The lowest BCUT2D eigenvalue weighted by Gasteiger charge is -2.17. The van der Waals surface area contributed by atoms with Crippen molar-refractivity contribution in [3.63, 3.8) is 0 Å². The van der Waals surface area contributed by atoms with E-state index in [1.54, 1.807) is 35.8 Å². The van der Waals surface area contributed by atoms with Crippen molar-refractivity contribution in [1.29, 1.82) is 0 Å². The van der Waals surface area contributed by atoms with Crippen LogP contribution in [0.1, 0.15) is 17.3 Å². The molecule has 3 aromatic rings. The van der Waals surface area contributed by atoms with E-state index in [1.165, 1.54) is 4.68 Å². The highest BCUT2D eigenvalue weighted by Crippen LogP contribution is 2.29. The number of rotatable bonds is 3. The van der Waals surface area contributed by atoms with Crippen LogP contribution in [0.25, 0.3) is 17.1 Å². The van der Waals surface area contributed by atoms with Gasteiger partial charge in [0, 0.05) is 11.3 Å². The van der Waals surface area contributed by atoms with Gasteiger partial charge in [-0.2, -0.15) is 4.68 Å². The number of hydrogen-bond donors (Lipinski definition) is 1. The maximum absolute atomic E-state index is 12.7. The van der Waals surface area contributed by atoms with Crippen molar-refractivity contribution >= 4 is 11.7 Å². The van der Waals surface area contributed by atoms with Crippen LogP contribution in [-0.4, -0.2) is 26.9 Å². The van der Waals surface area contributed by atoms with Crippen molar-refractivity contribution in [2.75, 3.05) is 11.9 Å². The highest BCUT2D eigenvalue weighted by atomic mass is 16.5. The second-order valence-electron chi connectivity index (χ2n) is 5.59. The Morgan fingerprint density at radius 1 is 1.20 bits per heavy atom. The minimum atomic E-state index is -0.386. The zero-order valence-corrected chi connectivity index (χ0v) is 13.6. The molecule has 4 rings (SSSR count). The molecule has 1 N–H and O–H groups in total. The Kier molecular flexibility index (Phi) is 3.61. The molecule has 7 heteroatoms. The molecule has 7 nitrogen and oxygen atoms in total. The molecule has 0 fully saturated rings. The van der Waals surface area contributed by atoms with E-state index in [4.69, 9.17) is 4.74 Å². The number of ether oxygens (including phenoxy) is 1. The molecule has 0 saturated heterocycles. The number of esters is 1. The van der Waals surface area contributed by atoms with Gasteiger partial charge >= 0.3 is 11.7 Å². The van der Waals surface area contributed by atoms with Crippen LogP contribution in [0.4, 0.5) is 5.69 Å². The second-order valence-corrected chi connectivity index (χ2v) is 5.59. The van der Waals surface area contributed by atoms with E-state index < -0.39 is 0 Å². The number of hydrogen-bond acceptors (Lipinski definition) is 5. The number of fused-ring (bicyclic) bond motifs is 3. The number of benzene rings is 2. The zero-order valence-electron chi connectivity index (χ0n) is 13.6. The molecule has 25 heavy (non-hydrogen) atoms. The van der Waals surface area contributed by atoms with Gasteiger partial charge in [-0.3, -0.25) is 4.57 Å². The maximum Gasteiger partial charge on any atom is 0.352 e. The molecule has 1 aromatic heterocycles. The number of carbonyl (C=O) groups is 1. The summed E-state index contributed by atoms with van der Waals surface area (Å²) in [4.78, 5) is 24.4. The first-order valence-corrected chi connectivity index (χ1v) is 7.99. The SMILES string of the molecule is CCOC(=O)c1ccc(-n2nc3n(c2=O)CNc2ccccc2-3)cc1. The summed E-state index contributed by atoms with van der Waals surface area (Å²) in [5.74, 6) is 0.234. The Labute approximate surface area is 143 Å². The summed E-state index contributed by atoms with van der Waals surface area (Å²) < 4.78 is 7.89. The lowest BCUT2D eigenvalue weighted by Crippen LogP contribution is -2.28. The fourth-order valence-electron chi connectivity index (χ4n) is 2.86. The number of nitrogens with one attached hydrogen (secondary N) is 1. The molecule has 0 radical (unpaired) electrons. The molecule has 0 aliphatic carbocycles. The van der Waals surface area contributed by atoms with Gasteiger partial charge in [-0.1, -0.05) is 12.1 Å². The third kappa shape index (κ3) is 2.50. The van der Waals surface area contributed by atoms with Gasteiger partial charge in [-0.05, 0) is 43.3 Å². The van der Waals surface area contributed by atoms with Gasteiger partial charge in [-0.15, -0.1) is 5.10 Å². The molecule has 2 heterocycles. The first-order chi connectivity index (χ1) is 12.2. The van der Waals surface area contributed by atoms with Gasteiger partial charge in [0.25, 0.3) is 0 Å². The molecule has 1 aliphatic rings. The Morgan fingerprint density at radius 3 is 2.72 bits per heavy atom. The van der Waals surface area contributed by atoms with Gasteiger partial charge < -0.3 is 10.1 Å². The summed E-state index contributed by atoms with van der Waals surface area (Å²) in [5, 5.41) is 7.69. The van der Waals surface area contributed by atoms with Crippen molar-refractivity contribution in [1.82, 2.24) is 14.3 Å². The third-order valence-corrected chi connectivity index (χ3v) is 4.08. The van der Waals surface area contributed by atoms with Crippen LogP contribution < -0.4 is 11.0 Å². The lowest BCUT2D eigenvalue weighted by atomic mass is 10.1. The molecular formula is C18H16N4O3. The predicted octanol–water partition coefficient (Wildman–Crippen LogP) is 2.26. The van der Waals surface area contributed by atoms with Crippen LogP contribution in [0.15, 0.2) is 53.3 Å². The van der Waals surface area contributed by atoms with Gasteiger partial charge in [0.15, 0.2) is 5.82 Å². The van der Waals surface area contributed by atoms with Crippen LogP contribution in [-0.2, 0) is 11.4 Å². The van der Waals surface area contributed by atoms with E-state index in [0.29, 0.717) is 30.4 Å². The van der Waals surface area contributed by atoms with Gasteiger partial charge in [0.1, 0.15) is 0 Å². The highest BCUT2D eigenvalue weighted by molar-refractivity contribution is 5.89. The predicted molar refractivity (Wildman–Crippen MR) is 92.8 cm³/mol. The molecule has 1 aliphatic heterocycles. The normalized spacial score (nSPS) is 12.0. The van der Waals surface area contributed by atoms with E-state index in [-0.39, 0.29) is 11.7 Å². The van der Waals surface area contributed by atoms with Crippen molar-refractivity contribution in [2.24, 2.45) is 0 Å². The van der Waals surface area contributed by atoms with E-state index >= 15 is 0 Å². The highest BCUT2D eigenvalue weighted by Gasteiger charge is 2.22. The second kappa shape index (κ2) is 5.94. The fraction of sp³-hybridized carbons (Fsp3) is 0.167. The van der Waals surface area contributed by atoms with Crippen molar-refractivity contribution in [2.45, 2.75) is 13.6 Å². The molecule has 2 aromatic carbocycles. The number of nitrogens with zero attached hydrogens (tertiary/aromatic N) is 3. The first-order valence-electron chi connectivity index (χ1n) is 7.99. The van der Waals surface area contributed by atoms with E-state index in [2.05, 4.69) is 10.4 Å². The fourth-order valence-corrected chi connectivity index (χ4v) is 2.86. The van der Waals surface area contributed by atoms with Gasteiger partial charge in [0.05, 0.1) is 24.5 Å². The Hall–Kier alpha value is -3.35. The van der Waals surface area contributed by atoms with Crippen LogP contribution in [0.3, 0.4) is 0 Å². The van der Waals surface area contributed by atoms with Crippen LogP contribution in [0.2, 0.25) is 0 Å².